The van der Waals surface area contributed by atoms with Crippen molar-refractivity contribution in [2.45, 2.75) is 19.4 Å². The van der Waals surface area contributed by atoms with Crippen LogP contribution in [-0.4, -0.2) is 45.0 Å². The van der Waals surface area contributed by atoms with Crippen LogP contribution in [0, 0.1) is 5.92 Å². The molecule has 1 atom stereocenters. The van der Waals surface area contributed by atoms with Gasteiger partial charge in [0.2, 0.25) is 0 Å². The first kappa shape index (κ1) is 15.8. The highest BCUT2D eigenvalue weighted by Gasteiger charge is 2.22. The second kappa shape index (κ2) is 7.06. The topological polar surface area (TPSA) is 75.7 Å². The van der Waals surface area contributed by atoms with E-state index >= 15 is 0 Å². The number of amides is 1. The Morgan fingerprint density at radius 3 is 3.24 bits per heavy atom. The molecule has 3 aromatic rings. The Morgan fingerprint density at radius 2 is 2.36 bits per heavy atom. The first-order valence-electron chi connectivity index (χ1n) is 8.61. The molecular formula is C18H21N5O2. The summed E-state index contributed by atoms with van der Waals surface area (Å²) >= 11 is 0. The van der Waals surface area contributed by atoms with Gasteiger partial charge in [0.25, 0.3) is 5.91 Å². The average molecular weight is 339 g/mol. The number of hydrogen-bond acceptors (Lipinski definition) is 5. The molecule has 1 amide bonds. The van der Waals surface area contributed by atoms with Crippen LogP contribution in [0.1, 0.15) is 29.0 Å². The number of carbonyl (C=O) groups excluding carboxylic acids is 1. The van der Waals surface area contributed by atoms with Gasteiger partial charge in [-0.25, -0.2) is 9.50 Å². The number of nitrogens with one attached hydrogen (secondary N) is 1. The average Bonchev–Trinajstić information content (AvgIpc) is 3.29. The van der Waals surface area contributed by atoms with E-state index in [-0.39, 0.29) is 5.91 Å². The summed E-state index contributed by atoms with van der Waals surface area (Å²) in [7, 11) is 0. The summed E-state index contributed by atoms with van der Waals surface area (Å²) in [4.78, 5) is 19.1. The number of nitrogens with zero attached hydrogens (tertiary/aromatic N) is 4. The van der Waals surface area contributed by atoms with Gasteiger partial charge in [-0.1, -0.05) is 0 Å². The fraction of sp³-hybridized carbons (Fsp3) is 0.389. The lowest BCUT2D eigenvalue weighted by molar-refractivity contribution is 0.0929. The molecule has 4 heterocycles. The number of fused-ring (bicyclic) bond motifs is 1. The lowest BCUT2D eigenvalue weighted by Crippen LogP contribution is -2.40. The van der Waals surface area contributed by atoms with Crippen molar-refractivity contribution in [2.24, 2.45) is 5.92 Å². The Bertz CT molecular complexity index is 842. The van der Waals surface area contributed by atoms with Crippen LogP contribution < -0.4 is 5.32 Å². The maximum atomic E-state index is 12.5. The minimum absolute atomic E-state index is 0.114. The van der Waals surface area contributed by atoms with Crippen molar-refractivity contribution in [2.75, 3.05) is 19.6 Å². The quantitative estimate of drug-likeness (QED) is 0.769. The van der Waals surface area contributed by atoms with Crippen LogP contribution >= 0.6 is 0 Å². The predicted molar refractivity (Wildman–Crippen MR) is 92.0 cm³/mol. The summed E-state index contributed by atoms with van der Waals surface area (Å²) in [5.41, 5.74) is 1.10. The molecule has 3 aromatic heterocycles. The molecule has 7 nitrogen and oxygen atoms in total. The van der Waals surface area contributed by atoms with E-state index in [9.17, 15) is 4.79 Å². The Labute approximate surface area is 145 Å². The van der Waals surface area contributed by atoms with E-state index in [0.717, 1.165) is 38.2 Å². The van der Waals surface area contributed by atoms with Crippen LogP contribution in [0.3, 0.4) is 0 Å². The summed E-state index contributed by atoms with van der Waals surface area (Å²) in [5, 5.41) is 7.21. The molecular weight excluding hydrogens is 318 g/mol. The number of aromatic nitrogens is 3. The van der Waals surface area contributed by atoms with E-state index in [2.05, 4.69) is 20.3 Å². The van der Waals surface area contributed by atoms with Crippen LogP contribution in [0.25, 0.3) is 5.65 Å². The third kappa shape index (κ3) is 3.56. The molecule has 1 aliphatic heterocycles. The van der Waals surface area contributed by atoms with Gasteiger partial charge >= 0.3 is 0 Å². The predicted octanol–water partition coefficient (Wildman–Crippen LogP) is 1.96. The molecule has 1 saturated heterocycles. The first-order chi connectivity index (χ1) is 12.3. The van der Waals surface area contributed by atoms with Crippen molar-refractivity contribution in [3.8, 4) is 0 Å². The molecule has 4 rings (SSSR count). The van der Waals surface area contributed by atoms with Crippen LogP contribution in [0.2, 0.25) is 0 Å². The summed E-state index contributed by atoms with van der Waals surface area (Å²) < 4.78 is 7.04. The second-order valence-corrected chi connectivity index (χ2v) is 6.48. The van der Waals surface area contributed by atoms with Crippen molar-refractivity contribution in [1.29, 1.82) is 0 Å². The van der Waals surface area contributed by atoms with Crippen LogP contribution in [-0.2, 0) is 6.54 Å². The zero-order valence-corrected chi connectivity index (χ0v) is 14.0. The zero-order valence-electron chi connectivity index (χ0n) is 14.0. The highest BCUT2D eigenvalue weighted by atomic mass is 16.3. The number of carbonyl (C=O) groups is 1. The summed E-state index contributed by atoms with van der Waals surface area (Å²) in [6.45, 7) is 3.53. The fourth-order valence-corrected chi connectivity index (χ4v) is 3.40. The molecule has 0 unspecified atom stereocenters. The Morgan fingerprint density at radius 1 is 1.40 bits per heavy atom. The second-order valence-electron chi connectivity index (χ2n) is 6.48. The minimum Gasteiger partial charge on any atom is -0.468 e. The van der Waals surface area contributed by atoms with E-state index < -0.39 is 0 Å². The monoisotopic (exact) mass is 339 g/mol. The van der Waals surface area contributed by atoms with Gasteiger partial charge in [-0.05, 0) is 43.5 Å². The van der Waals surface area contributed by atoms with Crippen molar-refractivity contribution in [3.05, 3.63) is 54.4 Å². The van der Waals surface area contributed by atoms with Gasteiger partial charge in [0, 0.05) is 25.5 Å². The number of furan rings is 1. The van der Waals surface area contributed by atoms with E-state index in [1.165, 1.54) is 0 Å². The minimum atomic E-state index is -0.114. The van der Waals surface area contributed by atoms with Gasteiger partial charge in [0.15, 0.2) is 5.65 Å². The maximum absolute atomic E-state index is 12.5. The maximum Gasteiger partial charge on any atom is 0.256 e. The van der Waals surface area contributed by atoms with E-state index in [0.29, 0.717) is 23.7 Å². The lowest BCUT2D eigenvalue weighted by Gasteiger charge is -2.32. The largest absolute Gasteiger partial charge is 0.468 e. The lowest BCUT2D eigenvalue weighted by atomic mass is 9.98. The zero-order chi connectivity index (χ0) is 17.1. The van der Waals surface area contributed by atoms with Gasteiger partial charge in [0.1, 0.15) is 11.3 Å². The van der Waals surface area contributed by atoms with Crippen LogP contribution in [0.4, 0.5) is 0 Å². The highest BCUT2D eigenvalue weighted by Crippen LogP contribution is 2.18. The third-order valence-corrected chi connectivity index (χ3v) is 4.64. The Hall–Kier alpha value is -2.67. The number of likely N-dealkylation sites (tertiary alicyclic amines) is 1. The molecule has 7 heteroatoms. The molecule has 0 aliphatic carbocycles. The Kier molecular flexibility index (Phi) is 4.47. The van der Waals surface area contributed by atoms with E-state index in [1.807, 2.05) is 12.1 Å². The van der Waals surface area contributed by atoms with Crippen LogP contribution in [0.15, 0.2) is 47.5 Å². The van der Waals surface area contributed by atoms with E-state index in [4.69, 9.17) is 4.42 Å². The molecule has 1 N–H and O–H groups in total. The summed E-state index contributed by atoms with van der Waals surface area (Å²) in [5.74, 6) is 1.32. The summed E-state index contributed by atoms with van der Waals surface area (Å²) in [6, 6.07) is 5.71. The van der Waals surface area contributed by atoms with Crippen molar-refractivity contribution >= 4 is 11.6 Å². The number of rotatable bonds is 5. The Balaban J connectivity index is 1.33. The van der Waals surface area contributed by atoms with Gasteiger partial charge in [-0.3, -0.25) is 9.69 Å². The first-order valence-corrected chi connectivity index (χ1v) is 8.61. The molecule has 0 radical (unpaired) electrons. The standard InChI is InChI=1S/C18H21N5O2/c24-18(16-11-21-23-8-3-6-19-17(16)23)20-10-14-4-1-7-22(12-14)13-15-5-2-9-25-15/h2-3,5-6,8-9,11,14H,1,4,7,10,12-13H2,(H,20,24)/t14-/m0/s1. The molecule has 0 aromatic carbocycles. The molecule has 1 fully saturated rings. The molecule has 0 saturated carbocycles. The van der Waals surface area contributed by atoms with Crippen molar-refractivity contribution in [1.82, 2.24) is 24.8 Å². The smallest absolute Gasteiger partial charge is 0.256 e. The van der Waals surface area contributed by atoms with Gasteiger partial charge < -0.3 is 9.73 Å². The SMILES string of the molecule is O=C(NC[C@@H]1CCCN(Cc2ccco2)C1)c1cnn2cccnc12. The van der Waals surface area contributed by atoms with Crippen LogP contribution in [0.5, 0.6) is 0 Å². The molecule has 0 spiro atoms. The normalized spacial score (nSPS) is 18.5. The summed E-state index contributed by atoms with van der Waals surface area (Å²) in [6.07, 6.45) is 9.00. The van der Waals surface area contributed by atoms with Crippen molar-refractivity contribution < 1.29 is 9.21 Å². The molecule has 0 bridgehead atoms. The van der Waals surface area contributed by atoms with Gasteiger partial charge in [-0.2, -0.15) is 5.10 Å². The van der Waals surface area contributed by atoms with Gasteiger partial charge in [-0.15, -0.1) is 0 Å². The number of piperidine rings is 1. The molecule has 25 heavy (non-hydrogen) atoms. The highest BCUT2D eigenvalue weighted by molar-refractivity contribution is 5.99. The van der Waals surface area contributed by atoms with E-state index in [1.54, 1.807) is 35.4 Å². The van der Waals surface area contributed by atoms with Crippen molar-refractivity contribution in [3.63, 3.8) is 0 Å². The molecule has 1 aliphatic rings. The number of hydrogen-bond donors (Lipinski definition) is 1. The van der Waals surface area contributed by atoms with Gasteiger partial charge in [0.05, 0.1) is 19.0 Å². The fourth-order valence-electron chi connectivity index (χ4n) is 3.40. The molecule has 130 valence electrons. The third-order valence-electron chi connectivity index (χ3n) is 4.64.